The number of esters is 1. The molecule has 4 nitrogen and oxygen atoms in total. The average Bonchev–Trinajstić information content (AvgIpc) is 2.69. The molecule has 0 saturated heterocycles. The summed E-state index contributed by atoms with van der Waals surface area (Å²) < 4.78 is 4.55. The average molecular weight is 196 g/mol. The Morgan fingerprint density at radius 2 is 2.36 bits per heavy atom. The number of carbonyl (C=O) groups is 1. The molecular formula is C10H16N2O2. The van der Waals surface area contributed by atoms with E-state index in [0.29, 0.717) is 6.42 Å². The molecule has 0 amide bonds. The number of imidazole rings is 1. The molecule has 0 saturated carbocycles. The Hall–Kier alpha value is -1.32. The van der Waals surface area contributed by atoms with Crippen molar-refractivity contribution >= 4 is 5.97 Å². The van der Waals surface area contributed by atoms with Crippen LogP contribution in [0.3, 0.4) is 0 Å². The van der Waals surface area contributed by atoms with Gasteiger partial charge in [0.1, 0.15) is 5.82 Å². The van der Waals surface area contributed by atoms with Gasteiger partial charge in [0.15, 0.2) is 0 Å². The highest BCUT2D eigenvalue weighted by Crippen LogP contribution is 2.04. The molecule has 1 rings (SSSR count). The molecule has 0 aliphatic rings. The van der Waals surface area contributed by atoms with Crippen LogP contribution in [-0.4, -0.2) is 23.0 Å². The summed E-state index contributed by atoms with van der Waals surface area (Å²) in [6, 6.07) is 0. The number of aromatic nitrogens is 2. The van der Waals surface area contributed by atoms with Gasteiger partial charge in [-0.15, -0.1) is 0 Å². The maximum atomic E-state index is 10.8. The van der Waals surface area contributed by atoms with Crippen molar-refractivity contribution in [2.45, 2.75) is 32.1 Å². The fourth-order valence-electron chi connectivity index (χ4n) is 1.28. The second kappa shape index (κ2) is 6.18. The largest absolute Gasteiger partial charge is 0.469 e. The van der Waals surface area contributed by atoms with Crippen LogP contribution in [0.5, 0.6) is 0 Å². The van der Waals surface area contributed by atoms with E-state index in [2.05, 4.69) is 14.7 Å². The van der Waals surface area contributed by atoms with Crippen LogP contribution in [0.25, 0.3) is 0 Å². The Morgan fingerprint density at radius 3 is 3.00 bits per heavy atom. The number of rotatable bonds is 6. The van der Waals surface area contributed by atoms with Crippen molar-refractivity contribution in [1.82, 2.24) is 9.97 Å². The van der Waals surface area contributed by atoms with Crippen LogP contribution >= 0.6 is 0 Å². The first-order chi connectivity index (χ1) is 6.83. The molecule has 1 aromatic rings. The van der Waals surface area contributed by atoms with E-state index in [1.807, 2.05) is 6.20 Å². The van der Waals surface area contributed by atoms with Crippen LogP contribution in [0, 0.1) is 0 Å². The molecule has 0 atom stereocenters. The van der Waals surface area contributed by atoms with Gasteiger partial charge >= 0.3 is 5.97 Å². The quantitative estimate of drug-likeness (QED) is 0.556. The number of aromatic amines is 1. The van der Waals surface area contributed by atoms with E-state index < -0.39 is 0 Å². The fraction of sp³-hybridized carbons (Fsp3) is 0.600. The van der Waals surface area contributed by atoms with Gasteiger partial charge in [-0.25, -0.2) is 4.98 Å². The van der Waals surface area contributed by atoms with Gasteiger partial charge in [-0.1, -0.05) is 6.42 Å². The van der Waals surface area contributed by atoms with Gasteiger partial charge in [-0.3, -0.25) is 4.79 Å². The molecule has 4 heteroatoms. The van der Waals surface area contributed by atoms with Crippen LogP contribution in [0.15, 0.2) is 12.4 Å². The normalized spacial score (nSPS) is 10.1. The van der Waals surface area contributed by atoms with Crippen molar-refractivity contribution in [1.29, 1.82) is 0 Å². The molecule has 0 aromatic carbocycles. The number of unbranched alkanes of at least 4 members (excludes halogenated alkanes) is 2. The zero-order valence-electron chi connectivity index (χ0n) is 8.45. The summed E-state index contributed by atoms with van der Waals surface area (Å²) in [5.74, 6) is 0.895. The lowest BCUT2D eigenvalue weighted by molar-refractivity contribution is -0.140. The van der Waals surface area contributed by atoms with Crippen molar-refractivity contribution < 1.29 is 9.53 Å². The summed E-state index contributed by atoms with van der Waals surface area (Å²) in [4.78, 5) is 17.9. The van der Waals surface area contributed by atoms with Gasteiger partial charge in [-0.05, 0) is 12.8 Å². The lowest BCUT2D eigenvalue weighted by atomic mass is 10.1. The van der Waals surface area contributed by atoms with E-state index in [0.717, 1.165) is 31.5 Å². The minimum absolute atomic E-state index is 0.122. The molecule has 0 bridgehead atoms. The SMILES string of the molecule is COC(=O)CCCCCc1ncc[nH]1. The predicted octanol–water partition coefficient (Wildman–Crippen LogP) is 1.69. The second-order valence-electron chi connectivity index (χ2n) is 3.17. The molecule has 0 radical (unpaired) electrons. The number of nitrogens with one attached hydrogen (secondary N) is 1. The number of nitrogens with zero attached hydrogens (tertiary/aromatic N) is 1. The Morgan fingerprint density at radius 1 is 1.50 bits per heavy atom. The Kier molecular flexibility index (Phi) is 4.75. The van der Waals surface area contributed by atoms with Crippen LogP contribution < -0.4 is 0 Å². The van der Waals surface area contributed by atoms with Crippen LogP contribution in [0.1, 0.15) is 31.5 Å². The molecule has 1 N–H and O–H groups in total. The van der Waals surface area contributed by atoms with Gasteiger partial charge in [0.25, 0.3) is 0 Å². The number of ether oxygens (including phenoxy) is 1. The van der Waals surface area contributed by atoms with Gasteiger partial charge in [0, 0.05) is 25.2 Å². The zero-order chi connectivity index (χ0) is 10.2. The smallest absolute Gasteiger partial charge is 0.305 e. The van der Waals surface area contributed by atoms with Gasteiger partial charge < -0.3 is 9.72 Å². The number of hydrogen-bond acceptors (Lipinski definition) is 3. The molecule has 1 aromatic heterocycles. The van der Waals surface area contributed by atoms with Gasteiger partial charge in [0.05, 0.1) is 7.11 Å². The first-order valence-electron chi connectivity index (χ1n) is 4.88. The number of hydrogen-bond donors (Lipinski definition) is 1. The summed E-state index contributed by atoms with van der Waals surface area (Å²) >= 11 is 0. The first kappa shape index (κ1) is 10.8. The van der Waals surface area contributed by atoms with E-state index >= 15 is 0 Å². The summed E-state index contributed by atoms with van der Waals surface area (Å²) in [5.41, 5.74) is 0. The summed E-state index contributed by atoms with van der Waals surface area (Å²) in [6.07, 6.45) is 8.05. The molecular weight excluding hydrogens is 180 g/mol. The third kappa shape index (κ3) is 4.07. The highest BCUT2D eigenvalue weighted by molar-refractivity contribution is 5.68. The minimum atomic E-state index is -0.122. The molecule has 1 heterocycles. The standard InChI is InChI=1S/C10H16N2O2/c1-14-10(13)6-4-2-3-5-9-11-7-8-12-9/h7-8H,2-6H2,1H3,(H,11,12). The zero-order valence-corrected chi connectivity index (χ0v) is 8.45. The summed E-state index contributed by atoms with van der Waals surface area (Å²) in [7, 11) is 1.42. The maximum Gasteiger partial charge on any atom is 0.305 e. The van der Waals surface area contributed by atoms with Crippen LogP contribution in [0.2, 0.25) is 0 Å². The van der Waals surface area contributed by atoms with Crippen LogP contribution in [0.4, 0.5) is 0 Å². The first-order valence-corrected chi connectivity index (χ1v) is 4.88. The molecule has 78 valence electrons. The summed E-state index contributed by atoms with van der Waals surface area (Å²) in [5, 5.41) is 0. The Bertz CT molecular complexity index is 257. The fourth-order valence-corrected chi connectivity index (χ4v) is 1.28. The number of aryl methyl sites for hydroxylation is 1. The summed E-state index contributed by atoms with van der Waals surface area (Å²) in [6.45, 7) is 0. The number of methoxy groups -OCH3 is 1. The van der Waals surface area contributed by atoms with Crippen molar-refractivity contribution in [3.05, 3.63) is 18.2 Å². The van der Waals surface area contributed by atoms with E-state index in [4.69, 9.17) is 0 Å². The van der Waals surface area contributed by atoms with E-state index in [9.17, 15) is 4.79 Å². The topological polar surface area (TPSA) is 55.0 Å². The van der Waals surface area contributed by atoms with Gasteiger partial charge in [-0.2, -0.15) is 0 Å². The molecule has 14 heavy (non-hydrogen) atoms. The lowest BCUT2D eigenvalue weighted by Crippen LogP contribution is -1.99. The van der Waals surface area contributed by atoms with E-state index in [1.165, 1.54) is 7.11 Å². The monoisotopic (exact) mass is 196 g/mol. The molecule has 0 fully saturated rings. The predicted molar refractivity (Wildman–Crippen MR) is 52.8 cm³/mol. The number of carbonyl (C=O) groups excluding carboxylic acids is 1. The van der Waals surface area contributed by atoms with Crippen LogP contribution in [-0.2, 0) is 16.0 Å². The Balaban J connectivity index is 1.97. The highest BCUT2D eigenvalue weighted by atomic mass is 16.5. The molecule has 0 spiro atoms. The third-order valence-corrected chi connectivity index (χ3v) is 2.08. The number of H-pyrrole nitrogens is 1. The molecule has 0 unspecified atom stereocenters. The van der Waals surface area contributed by atoms with E-state index in [-0.39, 0.29) is 5.97 Å². The minimum Gasteiger partial charge on any atom is -0.469 e. The van der Waals surface area contributed by atoms with Gasteiger partial charge in [0.2, 0.25) is 0 Å². The van der Waals surface area contributed by atoms with Crippen molar-refractivity contribution in [3.8, 4) is 0 Å². The highest BCUT2D eigenvalue weighted by Gasteiger charge is 1.99. The Labute approximate surface area is 83.7 Å². The van der Waals surface area contributed by atoms with E-state index in [1.54, 1.807) is 6.20 Å². The lowest BCUT2D eigenvalue weighted by Gasteiger charge is -1.99. The van der Waals surface area contributed by atoms with Crippen molar-refractivity contribution in [2.24, 2.45) is 0 Å². The second-order valence-corrected chi connectivity index (χ2v) is 3.17. The van der Waals surface area contributed by atoms with Crippen molar-refractivity contribution in [2.75, 3.05) is 7.11 Å². The molecule has 0 aliphatic carbocycles. The molecule has 0 aliphatic heterocycles. The van der Waals surface area contributed by atoms with Crippen molar-refractivity contribution in [3.63, 3.8) is 0 Å². The third-order valence-electron chi connectivity index (χ3n) is 2.08. The maximum absolute atomic E-state index is 10.8.